The summed E-state index contributed by atoms with van der Waals surface area (Å²) in [6, 6.07) is 4.20. The van der Waals surface area contributed by atoms with Crippen molar-refractivity contribution in [2.75, 3.05) is 13.1 Å². The topological polar surface area (TPSA) is 23.5 Å². The average Bonchev–Trinajstić information content (AvgIpc) is 2.66. The predicted molar refractivity (Wildman–Crippen MR) is 62.1 cm³/mol. The highest BCUT2D eigenvalue weighted by molar-refractivity contribution is 5.42. The van der Waals surface area contributed by atoms with Gasteiger partial charge in [0.25, 0.3) is 0 Å². The lowest BCUT2D eigenvalue weighted by Crippen LogP contribution is -2.18. The van der Waals surface area contributed by atoms with Crippen LogP contribution in [0.1, 0.15) is 29.5 Å². The van der Waals surface area contributed by atoms with Crippen molar-refractivity contribution >= 4 is 0 Å². The summed E-state index contributed by atoms with van der Waals surface area (Å²) >= 11 is 0. The molecule has 1 aromatic carbocycles. The second-order valence-corrected chi connectivity index (χ2v) is 4.56. The van der Waals surface area contributed by atoms with Gasteiger partial charge in [-0.25, -0.2) is 0 Å². The molecule has 0 aliphatic carbocycles. The molecular formula is C13H19NO. The molecule has 1 fully saturated rings. The van der Waals surface area contributed by atoms with Crippen LogP contribution in [0.2, 0.25) is 0 Å². The molecule has 15 heavy (non-hydrogen) atoms. The number of hydrogen-bond acceptors (Lipinski definition) is 2. The highest BCUT2D eigenvalue weighted by Gasteiger charge is 2.12. The van der Waals surface area contributed by atoms with Crippen LogP contribution in [-0.2, 0) is 6.54 Å². The summed E-state index contributed by atoms with van der Waals surface area (Å²) in [5.74, 6) is 0.445. The SMILES string of the molecule is Cc1cc(CN2CCCC2)cc(C)c1O. The first kappa shape index (κ1) is 10.5. The molecule has 0 unspecified atom stereocenters. The van der Waals surface area contributed by atoms with Gasteiger partial charge in [0.05, 0.1) is 0 Å². The maximum atomic E-state index is 9.68. The largest absolute Gasteiger partial charge is 0.507 e. The molecule has 1 heterocycles. The zero-order valence-electron chi connectivity index (χ0n) is 9.58. The Morgan fingerprint density at radius 3 is 2.20 bits per heavy atom. The van der Waals surface area contributed by atoms with E-state index in [2.05, 4.69) is 17.0 Å². The third-order valence-corrected chi connectivity index (χ3v) is 3.16. The Hall–Kier alpha value is -1.02. The zero-order valence-corrected chi connectivity index (χ0v) is 9.58. The molecule has 0 saturated carbocycles. The highest BCUT2D eigenvalue weighted by atomic mass is 16.3. The van der Waals surface area contributed by atoms with Gasteiger partial charge >= 0.3 is 0 Å². The molecule has 1 N–H and O–H groups in total. The Balaban J connectivity index is 2.14. The molecule has 0 spiro atoms. The van der Waals surface area contributed by atoms with Gasteiger partial charge in [-0.15, -0.1) is 0 Å². The van der Waals surface area contributed by atoms with E-state index in [-0.39, 0.29) is 0 Å². The zero-order chi connectivity index (χ0) is 10.8. The van der Waals surface area contributed by atoms with Crippen molar-refractivity contribution in [1.29, 1.82) is 0 Å². The van der Waals surface area contributed by atoms with Crippen LogP contribution < -0.4 is 0 Å². The van der Waals surface area contributed by atoms with E-state index in [0.717, 1.165) is 17.7 Å². The maximum absolute atomic E-state index is 9.68. The van der Waals surface area contributed by atoms with Crippen molar-refractivity contribution in [3.05, 3.63) is 28.8 Å². The van der Waals surface area contributed by atoms with Crippen LogP contribution in [0, 0.1) is 13.8 Å². The summed E-state index contributed by atoms with van der Waals surface area (Å²) in [5.41, 5.74) is 3.30. The second kappa shape index (κ2) is 4.23. The van der Waals surface area contributed by atoms with Gasteiger partial charge in [0.2, 0.25) is 0 Å². The Morgan fingerprint density at radius 2 is 1.67 bits per heavy atom. The Kier molecular flexibility index (Phi) is 2.96. The third-order valence-electron chi connectivity index (χ3n) is 3.16. The molecular weight excluding hydrogens is 186 g/mol. The van der Waals surface area contributed by atoms with Crippen LogP contribution in [0.15, 0.2) is 12.1 Å². The average molecular weight is 205 g/mol. The number of nitrogens with zero attached hydrogens (tertiary/aromatic N) is 1. The van der Waals surface area contributed by atoms with Crippen LogP contribution in [0.25, 0.3) is 0 Å². The van der Waals surface area contributed by atoms with Crippen LogP contribution >= 0.6 is 0 Å². The summed E-state index contributed by atoms with van der Waals surface area (Å²) in [6.45, 7) is 7.41. The van der Waals surface area contributed by atoms with Gasteiger partial charge in [-0.1, -0.05) is 12.1 Å². The van der Waals surface area contributed by atoms with E-state index in [1.807, 2.05) is 13.8 Å². The molecule has 0 atom stereocenters. The van der Waals surface area contributed by atoms with E-state index in [0.29, 0.717) is 5.75 Å². The number of hydrogen-bond donors (Lipinski definition) is 1. The minimum absolute atomic E-state index is 0.445. The number of aryl methyl sites for hydroxylation is 2. The standard InChI is InChI=1S/C13H19NO/c1-10-7-12(8-11(2)13(10)15)9-14-5-3-4-6-14/h7-8,15H,3-6,9H2,1-2H3. The van der Waals surface area contributed by atoms with E-state index < -0.39 is 0 Å². The Morgan fingerprint density at radius 1 is 1.13 bits per heavy atom. The van der Waals surface area contributed by atoms with Gasteiger partial charge in [0.1, 0.15) is 5.75 Å². The summed E-state index contributed by atoms with van der Waals surface area (Å²) < 4.78 is 0. The first-order valence-electron chi connectivity index (χ1n) is 5.68. The number of benzene rings is 1. The summed E-state index contributed by atoms with van der Waals surface area (Å²) in [6.07, 6.45) is 2.66. The van der Waals surface area contributed by atoms with Crippen molar-refractivity contribution < 1.29 is 5.11 Å². The number of phenols is 1. The predicted octanol–water partition coefficient (Wildman–Crippen LogP) is 2.60. The third kappa shape index (κ3) is 2.32. The lowest BCUT2D eigenvalue weighted by Gasteiger charge is -2.16. The van der Waals surface area contributed by atoms with Gasteiger partial charge in [-0.3, -0.25) is 4.90 Å². The van der Waals surface area contributed by atoms with Crippen molar-refractivity contribution in [2.24, 2.45) is 0 Å². The van der Waals surface area contributed by atoms with Crippen LogP contribution in [0.4, 0.5) is 0 Å². The molecule has 0 radical (unpaired) electrons. The van der Waals surface area contributed by atoms with Crippen LogP contribution in [0.3, 0.4) is 0 Å². The molecule has 1 saturated heterocycles. The summed E-state index contributed by atoms with van der Waals surface area (Å²) in [5, 5.41) is 9.68. The van der Waals surface area contributed by atoms with E-state index in [1.165, 1.54) is 31.5 Å². The molecule has 1 aliphatic heterocycles. The van der Waals surface area contributed by atoms with E-state index in [9.17, 15) is 5.11 Å². The lowest BCUT2D eigenvalue weighted by molar-refractivity contribution is 0.331. The molecule has 0 aromatic heterocycles. The number of phenolic OH excluding ortho intramolecular Hbond substituents is 1. The first-order valence-corrected chi connectivity index (χ1v) is 5.68. The van der Waals surface area contributed by atoms with Crippen LogP contribution in [-0.4, -0.2) is 23.1 Å². The minimum Gasteiger partial charge on any atom is -0.507 e. The van der Waals surface area contributed by atoms with E-state index >= 15 is 0 Å². The second-order valence-electron chi connectivity index (χ2n) is 4.56. The number of likely N-dealkylation sites (tertiary alicyclic amines) is 1. The van der Waals surface area contributed by atoms with E-state index in [4.69, 9.17) is 0 Å². The molecule has 2 nitrogen and oxygen atoms in total. The quantitative estimate of drug-likeness (QED) is 0.802. The van der Waals surface area contributed by atoms with Gasteiger partial charge < -0.3 is 5.11 Å². The fourth-order valence-electron chi connectivity index (χ4n) is 2.34. The number of aromatic hydroxyl groups is 1. The van der Waals surface area contributed by atoms with Crippen molar-refractivity contribution in [3.63, 3.8) is 0 Å². The fraction of sp³-hybridized carbons (Fsp3) is 0.538. The normalized spacial score (nSPS) is 17.2. The smallest absolute Gasteiger partial charge is 0.121 e. The van der Waals surface area contributed by atoms with Crippen LogP contribution in [0.5, 0.6) is 5.75 Å². The molecule has 2 rings (SSSR count). The molecule has 0 bridgehead atoms. The molecule has 2 heteroatoms. The van der Waals surface area contributed by atoms with Crippen molar-refractivity contribution in [3.8, 4) is 5.75 Å². The molecule has 1 aliphatic rings. The highest BCUT2D eigenvalue weighted by Crippen LogP contribution is 2.24. The molecule has 1 aromatic rings. The molecule has 0 amide bonds. The van der Waals surface area contributed by atoms with Gasteiger partial charge in [0.15, 0.2) is 0 Å². The van der Waals surface area contributed by atoms with Gasteiger partial charge in [-0.05, 0) is 56.5 Å². The maximum Gasteiger partial charge on any atom is 0.121 e. The summed E-state index contributed by atoms with van der Waals surface area (Å²) in [4.78, 5) is 2.48. The first-order chi connectivity index (χ1) is 7.16. The van der Waals surface area contributed by atoms with Crippen molar-refractivity contribution in [1.82, 2.24) is 4.90 Å². The monoisotopic (exact) mass is 205 g/mol. The Bertz CT molecular complexity index is 331. The lowest BCUT2D eigenvalue weighted by atomic mass is 10.1. The minimum atomic E-state index is 0.445. The molecule has 82 valence electrons. The summed E-state index contributed by atoms with van der Waals surface area (Å²) in [7, 11) is 0. The van der Waals surface area contributed by atoms with Crippen molar-refractivity contribution in [2.45, 2.75) is 33.2 Å². The number of rotatable bonds is 2. The fourth-order valence-corrected chi connectivity index (χ4v) is 2.34. The van der Waals surface area contributed by atoms with Gasteiger partial charge in [-0.2, -0.15) is 0 Å². The Labute approximate surface area is 91.5 Å². The van der Waals surface area contributed by atoms with E-state index in [1.54, 1.807) is 0 Å². The van der Waals surface area contributed by atoms with Gasteiger partial charge in [0, 0.05) is 6.54 Å².